The fraction of sp³-hybridized carbons (Fsp3) is 0.102. The van der Waals surface area contributed by atoms with Crippen molar-refractivity contribution in [1.82, 2.24) is 9.13 Å². The first-order valence-corrected chi connectivity index (χ1v) is 20.3. The molecule has 0 spiro atoms. The quantitative estimate of drug-likeness (QED) is 0.172. The molecule has 0 saturated carbocycles. The second kappa shape index (κ2) is 11.2. The number of thiophene rings is 2. The van der Waals surface area contributed by atoms with Gasteiger partial charge in [-0.1, -0.05) is 116 Å². The monoisotopic (exact) mass is 714 g/mol. The van der Waals surface area contributed by atoms with E-state index in [9.17, 15) is 0 Å². The van der Waals surface area contributed by atoms with Gasteiger partial charge in [-0.25, -0.2) is 0 Å². The fourth-order valence-electron chi connectivity index (χ4n) is 9.52. The number of hydrogen-bond donors (Lipinski definition) is 0. The Kier molecular flexibility index (Phi) is 6.29. The van der Waals surface area contributed by atoms with Gasteiger partial charge in [0.05, 0.1) is 22.1 Å². The molecule has 0 saturated heterocycles. The molecular weight excluding hydrogens is 681 g/mol. The van der Waals surface area contributed by atoms with Gasteiger partial charge in [0.15, 0.2) is 0 Å². The number of para-hydroxylation sites is 2. The molecule has 6 aromatic carbocycles. The predicted octanol–water partition coefficient (Wildman–Crippen LogP) is 14.6. The van der Waals surface area contributed by atoms with Crippen LogP contribution in [-0.2, 0) is 0 Å². The molecule has 4 heteroatoms. The van der Waals surface area contributed by atoms with Crippen molar-refractivity contribution in [1.29, 1.82) is 0 Å². The first kappa shape index (κ1) is 29.9. The van der Waals surface area contributed by atoms with Gasteiger partial charge >= 0.3 is 0 Å². The van der Waals surface area contributed by atoms with Crippen molar-refractivity contribution in [3.63, 3.8) is 0 Å². The number of allylic oxidation sites excluding steroid dienone is 8. The van der Waals surface area contributed by atoms with E-state index in [0.717, 1.165) is 12.8 Å². The van der Waals surface area contributed by atoms with Crippen molar-refractivity contribution in [2.24, 2.45) is 11.8 Å². The summed E-state index contributed by atoms with van der Waals surface area (Å²) in [5.74, 6) is 0.712. The summed E-state index contributed by atoms with van der Waals surface area (Å²) in [6.45, 7) is 2.36. The molecule has 10 aromatic rings. The number of rotatable bonds is 3. The highest BCUT2D eigenvalue weighted by Crippen LogP contribution is 2.48. The van der Waals surface area contributed by atoms with Gasteiger partial charge in [-0.2, -0.15) is 0 Å². The summed E-state index contributed by atoms with van der Waals surface area (Å²) < 4.78 is 10.7. The molecule has 0 radical (unpaired) electrons. The van der Waals surface area contributed by atoms with Gasteiger partial charge in [0.1, 0.15) is 0 Å². The Morgan fingerprint density at radius 2 is 1.06 bits per heavy atom. The highest BCUT2D eigenvalue weighted by molar-refractivity contribution is 7.27. The van der Waals surface area contributed by atoms with Gasteiger partial charge in [0, 0.05) is 79.2 Å². The number of aromatic nitrogens is 2. The average molecular weight is 715 g/mol. The van der Waals surface area contributed by atoms with Gasteiger partial charge in [0.2, 0.25) is 0 Å². The maximum Gasteiger partial charge on any atom is 0.0552 e. The summed E-state index contributed by atoms with van der Waals surface area (Å²) in [5, 5.41) is 10.8. The molecule has 2 aliphatic carbocycles. The zero-order valence-corrected chi connectivity index (χ0v) is 30.8. The first-order valence-electron chi connectivity index (χ1n) is 18.7. The van der Waals surface area contributed by atoms with E-state index in [1.54, 1.807) is 0 Å². The Morgan fingerprint density at radius 1 is 0.509 bits per heavy atom. The molecule has 53 heavy (non-hydrogen) atoms. The van der Waals surface area contributed by atoms with Crippen LogP contribution in [-0.4, -0.2) is 9.13 Å². The van der Waals surface area contributed by atoms with Gasteiger partial charge < -0.3 is 9.13 Å². The lowest BCUT2D eigenvalue weighted by Gasteiger charge is -2.29. The molecule has 0 N–H and O–H groups in total. The predicted molar refractivity (Wildman–Crippen MR) is 232 cm³/mol. The van der Waals surface area contributed by atoms with Gasteiger partial charge in [0.25, 0.3) is 0 Å². The minimum Gasteiger partial charge on any atom is -0.313 e. The first-order chi connectivity index (χ1) is 26.2. The third kappa shape index (κ3) is 4.19. The molecule has 0 aliphatic heterocycles. The van der Waals surface area contributed by atoms with E-state index in [1.165, 1.54) is 101 Å². The van der Waals surface area contributed by atoms with Gasteiger partial charge in [-0.05, 0) is 66.8 Å². The van der Waals surface area contributed by atoms with Crippen molar-refractivity contribution < 1.29 is 0 Å². The maximum absolute atomic E-state index is 2.62. The lowest BCUT2D eigenvalue weighted by atomic mass is 9.83. The zero-order valence-electron chi connectivity index (χ0n) is 29.2. The van der Waals surface area contributed by atoms with Crippen LogP contribution in [0.2, 0.25) is 0 Å². The molecule has 0 bridgehead atoms. The Hall–Kier alpha value is -5.68. The van der Waals surface area contributed by atoms with Crippen LogP contribution in [0.15, 0.2) is 157 Å². The third-order valence-electron chi connectivity index (χ3n) is 11.8. The van der Waals surface area contributed by atoms with Crippen LogP contribution in [0.5, 0.6) is 0 Å². The average Bonchev–Trinajstić information content (AvgIpc) is 3.95. The summed E-state index contributed by atoms with van der Waals surface area (Å²) in [6, 6.07) is 45.3. The van der Waals surface area contributed by atoms with Crippen molar-refractivity contribution in [2.45, 2.75) is 19.8 Å². The molecular formula is C49H34N2S2. The van der Waals surface area contributed by atoms with Gasteiger partial charge in [-0.3, -0.25) is 0 Å². The van der Waals surface area contributed by atoms with Gasteiger partial charge in [-0.15, -0.1) is 22.7 Å². The summed E-state index contributed by atoms with van der Waals surface area (Å²) in [5.41, 5.74) is 9.39. The number of fused-ring (bicyclic) bond motifs is 14. The molecule has 12 rings (SSSR count). The van der Waals surface area contributed by atoms with E-state index >= 15 is 0 Å². The largest absolute Gasteiger partial charge is 0.313 e. The second-order valence-electron chi connectivity index (χ2n) is 14.9. The Bertz CT molecular complexity index is 3310. The molecule has 252 valence electrons. The molecule has 4 heterocycles. The third-order valence-corrected chi connectivity index (χ3v) is 14.2. The second-order valence-corrected chi connectivity index (χ2v) is 17.0. The van der Waals surface area contributed by atoms with Crippen LogP contribution in [0.25, 0.3) is 95.4 Å². The molecule has 2 nitrogen and oxygen atoms in total. The Balaban J connectivity index is 1.05. The molecule has 4 aromatic heterocycles. The normalized spacial score (nSPS) is 18.0. The highest BCUT2D eigenvalue weighted by Gasteiger charge is 2.28. The van der Waals surface area contributed by atoms with Crippen molar-refractivity contribution in [3.8, 4) is 0 Å². The summed E-state index contributed by atoms with van der Waals surface area (Å²) in [6.07, 6.45) is 13.9. The van der Waals surface area contributed by atoms with E-state index in [4.69, 9.17) is 0 Å². The topological polar surface area (TPSA) is 9.86 Å². The molecule has 2 aliphatic rings. The van der Waals surface area contributed by atoms with Crippen molar-refractivity contribution in [2.75, 3.05) is 0 Å². The molecule has 2 atom stereocenters. The minimum absolute atomic E-state index is 0.252. The maximum atomic E-state index is 2.62. The molecule has 0 amide bonds. The standard InChI is InChI=1S/C49H34N2S2/c1-29-21-22-32(43(27-29)51-40-18-7-3-16-38(40)47-42(51)26-24-36-34-14-5-9-20-45(34)53-49(36)47)30-11-10-12-31(28-30)50-39-17-6-2-15-37(39)46-41(50)25-23-35-33-13-4-8-19-44(33)52-48(35)46/h2-26,29-30H,27-28H2,1H3. The van der Waals surface area contributed by atoms with Crippen LogP contribution in [0, 0.1) is 11.8 Å². The highest BCUT2D eigenvalue weighted by atomic mass is 32.1. The number of nitrogens with zero attached hydrogens (tertiary/aromatic N) is 2. The SMILES string of the molecule is CC1C=CC(C2C=CC=C(n3c4ccccc4c4c5sc6ccccc6c5ccc43)C2)=C(n2c3ccccc3c3c4sc5ccccc5c4ccc32)C1. The van der Waals surface area contributed by atoms with Crippen LogP contribution < -0.4 is 0 Å². The Labute approximate surface area is 314 Å². The lowest BCUT2D eigenvalue weighted by molar-refractivity contribution is 0.692. The van der Waals surface area contributed by atoms with Crippen molar-refractivity contribution >= 4 is 118 Å². The lowest BCUT2D eigenvalue weighted by Crippen LogP contribution is -2.15. The zero-order chi connectivity index (χ0) is 34.8. The smallest absolute Gasteiger partial charge is 0.0552 e. The summed E-state index contributed by atoms with van der Waals surface area (Å²) in [7, 11) is 0. The van der Waals surface area contributed by atoms with E-state index in [-0.39, 0.29) is 5.92 Å². The summed E-state index contributed by atoms with van der Waals surface area (Å²) >= 11 is 3.86. The minimum atomic E-state index is 0.252. The van der Waals surface area contributed by atoms with Crippen LogP contribution in [0.3, 0.4) is 0 Å². The van der Waals surface area contributed by atoms with Crippen molar-refractivity contribution in [3.05, 3.63) is 157 Å². The molecule has 2 unspecified atom stereocenters. The van der Waals surface area contributed by atoms with E-state index in [1.807, 2.05) is 22.7 Å². The van der Waals surface area contributed by atoms with E-state index in [0.29, 0.717) is 5.92 Å². The number of benzene rings is 6. The molecule has 0 fully saturated rings. The Morgan fingerprint density at radius 3 is 1.70 bits per heavy atom. The van der Waals surface area contributed by atoms with Crippen LogP contribution in [0.1, 0.15) is 19.8 Å². The number of hydrogen-bond acceptors (Lipinski definition) is 2. The fourth-order valence-corrected chi connectivity index (χ4v) is 12.0. The van der Waals surface area contributed by atoms with Crippen LogP contribution in [0.4, 0.5) is 0 Å². The summed E-state index contributed by atoms with van der Waals surface area (Å²) in [4.78, 5) is 0. The van der Waals surface area contributed by atoms with E-state index < -0.39 is 0 Å². The van der Waals surface area contributed by atoms with E-state index in [2.05, 4.69) is 168 Å². The van der Waals surface area contributed by atoms with Crippen LogP contribution >= 0.6 is 22.7 Å².